The quantitative estimate of drug-likeness (QED) is 0.565. The van der Waals surface area contributed by atoms with Gasteiger partial charge in [-0.1, -0.05) is 42.1 Å². The first-order valence-electron chi connectivity index (χ1n) is 4.73. The maximum Gasteiger partial charge on any atom is 0.0891 e. The standard InChI is InChI=1S/C13H12OS/c1-14-8-9-15-13-7-6-11-4-2-3-5-12(11)10-13/h2-10H,1H3/b9-8+. The first kappa shape index (κ1) is 10.1. The molecule has 2 aromatic rings. The lowest BCUT2D eigenvalue weighted by Crippen LogP contribution is -1.73. The number of methoxy groups -OCH3 is 1. The lowest BCUT2D eigenvalue weighted by molar-refractivity contribution is 0.339. The van der Waals surface area contributed by atoms with E-state index in [9.17, 15) is 0 Å². The Labute approximate surface area is 93.8 Å². The molecule has 0 amide bonds. The van der Waals surface area contributed by atoms with Gasteiger partial charge >= 0.3 is 0 Å². The van der Waals surface area contributed by atoms with Crippen LogP contribution in [0.3, 0.4) is 0 Å². The van der Waals surface area contributed by atoms with Crippen molar-refractivity contribution in [3.63, 3.8) is 0 Å². The summed E-state index contributed by atoms with van der Waals surface area (Å²) in [6, 6.07) is 14.8. The molecule has 0 aliphatic carbocycles. The van der Waals surface area contributed by atoms with Gasteiger partial charge in [-0.05, 0) is 22.9 Å². The first-order chi connectivity index (χ1) is 7.40. The molecule has 0 fully saturated rings. The van der Waals surface area contributed by atoms with Crippen LogP contribution in [-0.2, 0) is 4.74 Å². The van der Waals surface area contributed by atoms with E-state index < -0.39 is 0 Å². The van der Waals surface area contributed by atoms with E-state index in [4.69, 9.17) is 4.74 Å². The van der Waals surface area contributed by atoms with Crippen LogP contribution in [0.5, 0.6) is 0 Å². The number of ether oxygens (including phenoxy) is 1. The van der Waals surface area contributed by atoms with Crippen LogP contribution < -0.4 is 0 Å². The van der Waals surface area contributed by atoms with Crippen molar-refractivity contribution in [1.29, 1.82) is 0 Å². The highest BCUT2D eigenvalue weighted by atomic mass is 32.2. The minimum Gasteiger partial charge on any atom is -0.504 e. The summed E-state index contributed by atoms with van der Waals surface area (Å²) in [5.41, 5.74) is 0. The Hall–Kier alpha value is -1.41. The van der Waals surface area contributed by atoms with Crippen LogP contribution in [0.1, 0.15) is 0 Å². The topological polar surface area (TPSA) is 9.23 Å². The minimum absolute atomic E-state index is 1.22. The predicted octanol–water partition coefficient (Wildman–Crippen LogP) is 4.05. The molecule has 76 valence electrons. The van der Waals surface area contributed by atoms with Gasteiger partial charge in [0.15, 0.2) is 0 Å². The second-order valence-corrected chi connectivity index (χ2v) is 4.11. The molecule has 2 aromatic carbocycles. The molecule has 15 heavy (non-hydrogen) atoms. The molecular formula is C13H12OS. The SMILES string of the molecule is CO/C=C/Sc1ccc2ccccc2c1. The fourth-order valence-electron chi connectivity index (χ4n) is 1.40. The van der Waals surface area contributed by atoms with E-state index in [1.807, 2.05) is 5.41 Å². The molecule has 2 rings (SSSR count). The van der Waals surface area contributed by atoms with Gasteiger partial charge in [0.25, 0.3) is 0 Å². The second kappa shape index (κ2) is 4.89. The number of hydrogen-bond donors (Lipinski definition) is 0. The van der Waals surface area contributed by atoms with E-state index in [1.165, 1.54) is 15.7 Å². The van der Waals surface area contributed by atoms with Crippen LogP contribution in [0.4, 0.5) is 0 Å². The van der Waals surface area contributed by atoms with Gasteiger partial charge in [-0.15, -0.1) is 0 Å². The Morgan fingerprint density at radius 1 is 1.07 bits per heavy atom. The van der Waals surface area contributed by atoms with Gasteiger partial charge < -0.3 is 4.74 Å². The maximum atomic E-state index is 4.85. The summed E-state index contributed by atoms with van der Waals surface area (Å²) in [7, 11) is 1.65. The molecule has 0 aliphatic rings. The molecule has 0 bridgehead atoms. The Kier molecular flexibility index (Phi) is 3.30. The smallest absolute Gasteiger partial charge is 0.0891 e. The number of fused-ring (bicyclic) bond motifs is 1. The molecule has 0 spiro atoms. The average Bonchev–Trinajstić information content (AvgIpc) is 2.29. The molecule has 0 atom stereocenters. The van der Waals surface area contributed by atoms with E-state index in [2.05, 4.69) is 42.5 Å². The highest BCUT2D eigenvalue weighted by Gasteiger charge is 1.94. The van der Waals surface area contributed by atoms with Gasteiger partial charge in [0.1, 0.15) is 0 Å². The third-order valence-corrected chi connectivity index (χ3v) is 2.89. The van der Waals surface area contributed by atoms with E-state index in [-0.39, 0.29) is 0 Å². The predicted molar refractivity (Wildman–Crippen MR) is 66.0 cm³/mol. The van der Waals surface area contributed by atoms with E-state index in [0.29, 0.717) is 0 Å². The van der Waals surface area contributed by atoms with Crippen LogP contribution >= 0.6 is 11.8 Å². The molecule has 0 radical (unpaired) electrons. The zero-order valence-electron chi connectivity index (χ0n) is 8.51. The fraction of sp³-hybridized carbons (Fsp3) is 0.0769. The monoisotopic (exact) mass is 216 g/mol. The maximum absolute atomic E-state index is 4.85. The van der Waals surface area contributed by atoms with Crippen molar-refractivity contribution in [1.82, 2.24) is 0 Å². The molecular weight excluding hydrogens is 204 g/mol. The summed E-state index contributed by atoms with van der Waals surface area (Å²) in [4.78, 5) is 1.22. The molecule has 0 saturated carbocycles. The summed E-state index contributed by atoms with van der Waals surface area (Å²) in [6.45, 7) is 0. The van der Waals surface area contributed by atoms with Crippen LogP contribution in [0.2, 0.25) is 0 Å². The molecule has 1 nitrogen and oxygen atoms in total. The number of benzene rings is 2. The van der Waals surface area contributed by atoms with E-state index in [1.54, 1.807) is 25.1 Å². The fourth-order valence-corrected chi connectivity index (χ4v) is 2.07. The molecule has 0 aliphatic heterocycles. The summed E-state index contributed by atoms with van der Waals surface area (Å²) in [5, 5.41) is 4.48. The zero-order chi connectivity index (χ0) is 10.5. The highest BCUT2D eigenvalue weighted by Crippen LogP contribution is 2.24. The summed E-state index contributed by atoms with van der Waals surface area (Å²) < 4.78 is 4.85. The molecule has 0 unspecified atom stereocenters. The van der Waals surface area contributed by atoms with E-state index >= 15 is 0 Å². The third-order valence-electron chi connectivity index (χ3n) is 2.12. The Morgan fingerprint density at radius 3 is 2.67 bits per heavy atom. The molecule has 0 saturated heterocycles. The molecule has 0 heterocycles. The van der Waals surface area contributed by atoms with Crippen LogP contribution in [-0.4, -0.2) is 7.11 Å². The van der Waals surface area contributed by atoms with Gasteiger partial charge in [-0.25, -0.2) is 0 Å². The van der Waals surface area contributed by atoms with E-state index in [0.717, 1.165) is 0 Å². The minimum atomic E-state index is 1.22. The Balaban J connectivity index is 2.26. The van der Waals surface area contributed by atoms with Gasteiger partial charge in [-0.3, -0.25) is 0 Å². The van der Waals surface area contributed by atoms with Gasteiger partial charge in [-0.2, -0.15) is 0 Å². The molecule has 0 aromatic heterocycles. The van der Waals surface area contributed by atoms with Gasteiger partial charge in [0.2, 0.25) is 0 Å². The molecule has 0 N–H and O–H groups in total. The normalized spacial score (nSPS) is 11.0. The van der Waals surface area contributed by atoms with Gasteiger partial charge in [0.05, 0.1) is 13.4 Å². The van der Waals surface area contributed by atoms with Crippen LogP contribution in [0.15, 0.2) is 59.0 Å². The molecule has 2 heteroatoms. The highest BCUT2D eigenvalue weighted by molar-refractivity contribution is 8.02. The van der Waals surface area contributed by atoms with Crippen molar-refractivity contribution in [3.05, 3.63) is 54.1 Å². The largest absolute Gasteiger partial charge is 0.504 e. The number of hydrogen-bond acceptors (Lipinski definition) is 2. The summed E-state index contributed by atoms with van der Waals surface area (Å²) in [6.07, 6.45) is 1.68. The Bertz CT molecular complexity index is 477. The van der Waals surface area contributed by atoms with Gasteiger partial charge in [0, 0.05) is 10.3 Å². The van der Waals surface area contributed by atoms with Crippen molar-refractivity contribution >= 4 is 22.5 Å². The zero-order valence-corrected chi connectivity index (χ0v) is 9.33. The van der Waals surface area contributed by atoms with Crippen molar-refractivity contribution < 1.29 is 4.74 Å². The average molecular weight is 216 g/mol. The van der Waals surface area contributed by atoms with Crippen LogP contribution in [0, 0.1) is 0 Å². The summed E-state index contributed by atoms with van der Waals surface area (Å²) >= 11 is 1.65. The Morgan fingerprint density at radius 2 is 1.87 bits per heavy atom. The lowest BCUT2D eigenvalue weighted by Gasteiger charge is -2.00. The van der Waals surface area contributed by atoms with Crippen molar-refractivity contribution in [2.45, 2.75) is 4.90 Å². The lowest BCUT2D eigenvalue weighted by atomic mass is 10.1. The van der Waals surface area contributed by atoms with Crippen molar-refractivity contribution in [2.75, 3.05) is 7.11 Å². The van der Waals surface area contributed by atoms with Crippen LogP contribution in [0.25, 0.3) is 10.8 Å². The summed E-state index contributed by atoms with van der Waals surface area (Å²) in [5.74, 6) is 0. The second-order valence-electron chi connectivity index (χ2n) is 3.13. The van der Waals surface area contributed by atoms with Crippen molar-refractivity contribution in [2.24, 2.45) is 0 Å². The number of rotatable bonds is 3. The third kappa shape index (κ3) is 2.54. The number of thioether (sulfide) groups is 1. The first-order valence-corrected chi connectivity index (χ1v) is 5.61. The van der Waals surface area contributed by atoms with Crippen molar-refractivity contribution in [3.8, 4) is 0 Å².